The van der Waals surface area contributed by atoms with Crippen molar-refractivity contribution in [2.45, 2.75) is 19.9 Å². The number of nitrogens with one attached hydrogen (secondary N) is 1. The van der Waals surface area contributed by atoms with Gasteiger partial charge in [0.15, 0.2) is 0 Å². The van der Waals surface area contributed by atoms with Gasteiger partial charge in [0.05, 0.1) is 17.9 Å². The first-order chi connectivity index (χ1) is 9.83. The van der Waals surface area contributed by atoms with Crippen molar-refractivity contribution in [3.63, 3.8) is 0 Å². The van der Waals surface area contributed by atoms with Crippen LogP contribution in [-0.2, 0) is 4.79 Å². The van der Waals surface area contributed by atoms with E-state index >= 15 is 0 Å². The van der Waals surface area contributed by atoms with Crippen molar-refractivity contribution >= 4 is 28.9 Å². The second-order valence-electron chi connectivity index (χ2n) is 5.45. The normalized spacial score (nSPS) is 12.7. The van der Waals surface area contributed by atoms with Crippen LogP contribution in [0.1, 0.15) is 13.8 Å². The molecule has 5 nitrogen and oxygen atoms in total. The largest absolute Gasteiger partial charge is 0.397 e. The van der Waals surface area contributed by atoms with Crippen molar-refractivity contribution in [3.05, 3.63) is 23.2 Å². The third-order valence-electron chi connectivity index (χ3n) is 3.30. The van der Waals surface area contributed by atoms with E-state index in [1.54, 1.807) is 18.2 Å². The summed E-state index contributed by atoms with van der Waals surface area (Å²) in [5, 5.41) is 3.37. The molecule has 0 aromatic heterocycles. The summed E-state index contributed by atoms with van der Waals surface area (Å²) in [6.45, 7) is 6.21. The lowest BCUT2D eigenvalue weighted by Gasteiger charge is -2.29. The number of nitrogens with two attached hydrogens (primary N) is 1. The first-order valence-electron chi connectivity index (χ1n) is 7.07. The molecule has 0 bridgehead atoms. The highest BCUT2D eigenvalue weighted by Crippen LogP contribution is 2.22. The molecule has 118 valence electrons. The zero-order valence-electron chi connectivity index (χ0n) is 13.2. The molecule has 0 radical (unpaired) electrons. The van der Waals surface area contributed by atoms with Gasteiger partial charge in [0.2, 0.25) is 5.91 Å². The monoisotopic (exact) mass is 312 g/mol. The van der Waals surface area contributed by atoms with E-state index < -0.39 is 0 Å². The number of nitrogens with zero attached hydrogens (tertiary/aromatic N) is 2. The number of rotatable bonds is 7. The number of likely N-dealkylation sites (N-methyl/N-ethyl adjacent to an activating group) is 2. The molecule has 0 aliphatic carbocycles. The minimum Gasteiger partial charge on any atom is -0.397 e. The van der Waals surface area contributed by atoms with Gasteiger partial charge in [-0.3, -0.25) is 9.69 Å². The summed E-state index contributed by atoms with van der Waals surface area (Å²) in [6, 6.07) is 5.34. The molecule has 0 heterocycles. The van der Waals surface area contributed by atoms with Crippen LogP contribution in [0.15, 0.2) is 18.2 Å². The van der Waals surface area contributed by atoms with Gasteiger partial charge in [0, 0.05) is 17.6 Å². The van der Waals surface area contributed by atoms with Gasteiger partial charge in [-0.2, -0.15) is 0 Å². The Bertz CT molecular complexity index is 479. The number of amides is 1. The summed E-state index contributed by atoms with van der Waals surface area (Å²) >= 11 is 5.92. The molecule has 1 amide bonds. The molecule has 1 atom stereocenters. The lowest BCUT2D eigenvalue weighted by atomic mass is 10.2. The van der Waals surface area contributed by atoms with Gasteiger partial charge in [0.25, 0.3) is 0 Å². The number of carbonyl (C=O) groups excluding carboxylic acids is 1. The van der Waals surface area contributed by atoms with E-state index in [4.69, 9.17) is 17.3 Å². The van der Waals surface area contributed by atoms with Crippen molar-refractivity contribution in [3.8, 4) is 0 Å². The van der Waals surface area contributed by atoms with Crippen LogP contribution >= 0.6 is 11.6 Å². The van der Waals surface area contributed by atoms with Crippen molar-refractivity contribution in [2.24, 2.45) is 0 Å². The standard InChI is InChI=1S/C15H25ClN4O/c1-5-20(11(2)9-19(3)4)10-15(21)18-14-8-12(16)6-7-13(14)17/h6-8,11H,5,9-10,17H2,1-4H3,(H,18,21). The van der Waals surface area contributed by atoms with Crippen LogP contribution in [0.4, 0.5) is 11.4 Å². The third kappa shape index (κ3) is 5.91. The molecule has 6 heteroatoms. The van der Waals surface area contributed by atoms with Crippen LogP contribution in [0.5, 0.6) is 0 Å². The van der Waals surface area contributed by atoms with Crippen molar-refractivity contribution in [1.82, 2.24) is 9.80 Å². The number of carbonyl (C=O) groups is 1. The fourth-order valence-electron chi connectivity index (χ4n) is 2.23. The molecule has 1 aromatic rings. The van der Waals surface area contributed by atoms with Gasteiger partial charge in [-0.1, -0.05) is 18.5 Å². The van der Waals surface area contributed by atoms with Crippen molar-refractivity contribution in [2.75, 3.05) is 44.8 Å². The van der Waals surface area contributed by atoms with E-state index in [9.17, 15) is 4.79 Å². The van der Waals surface area contributed by atoms with Gasteiger partial charge in [0.1, 0.15) is 0 Å². The fraction of sp³-hybridized carbons (Fsp3) is 0.533. The molecule has 0 spiro atoms. The average Bonchev–Trinajstić information content (AvgIpc) is 2.39. The lowest BCUT2D eigenvalue weighted by molar-refractivity contribution is -0.117. The summed E-state index contributed by atoms with van der Waals surface area (Å²) in [6.07, 6.45) is 0. The zero-order valence-corrected chi connectivity index (χ0v) is 13.9. The summed E-state index contributed by atoms with van der Waals surface area (Å²) in [7, 11) is 4.05. The predicted molar refractivity (Wildman–Crippen MR) is 89.8 cm³/mol. The van der Waals surface area contributed by atoms with Crippen LogP contribution in [0, 0.1) is 0 Å². The Balaban J connectivity index is 2.64. The molecule has 1 unspecified atom stereocenters. The molecule has 0 aliphatic rings. The minimum atomic E-state index is -0.0866. The van der Waals surface area contributed by atoms with E-state index in [0.717, 1.165) is 13.1 Å². The number of anilines is 2. The Hall–Kier alpha value is -1.30. The number of hydrogen-bond donors (Lipinski definition) is 2. The second-order valence-corrected chi connectivity index (χ2v) is 5.89. The molecule has 1 aromatic carbocycles. The summed E-state index contributed by atoms with van der Waals surface area (Å²) in [4.78, 5) is 16.4. The maximum absolute atomic E-state index is 12.2. The summed E-state index contributed by atoms with van der Waals surface area (Å²) < 4.78 is 0. The molecule has 0 saturated heterocycles. The first kappa shape index (κ1) is 17.8. The highest BCUT2D eigenvalue weighted by atomic mass is 35.5. The van der Waals surface area contributed by atoms with Crippen molar-refractivity contribution < 1.29 is 4.79 Å². The Labute approximate surface area is 132 Å². The quantitative estimate of drug-likeness (QED) is 0.757. The molecule has 0 saturated carbocycles. The maximum Gasteiger partial charge on any atom is 0.238 e. The van der Waals surface area contributed by atoms with E-state index in [1.165, 1.54) is 0 Å². The fourth-order valence-corrected chi connectivity index (χ4v) is 2.41. The van der Waals surface area contributed by atoms with Crippen LogP contribution in [0.3, 0.4) is 0 Å². The lowest BCUT2D eigenvalue weighted by Crippen LogP contribution is -2.43. The number of benzene rings is 1. The predicted octanol–water partition coefficient (Wildman–Crippen LogP) is 2.13. The molecule has 1 rings (SSSR count). The van der Waals surface area contributed by atoms with E-state index in [2.05, 4.69) is 22.0 Å². The molecule has 21 heavy (non-hydrogen) atoms. The molecule has 0 fully saturated rings. The highest BCUT2D eigenvalue weighted by molar-refractivity contribution is 6.31. The van der Waals surface area contributed by atoms with Crippen LogP contribution < -0.4 is 11.1 Å². The van der Waals surface area contributed by atoms with Gasteiger partial charge < -0.3 is 16.0 Å². The molecule has 0 aliphatic heterocycles. The molecular weight excluding hydrogens is 288 g/mol. The molecule has 3 N–H and O–H groups in total. The van der Waals surface area contributed by atoms with E-state index in [-0.39, 0.29) is 5.91 Å². The van der Waals surface area contributed by atoms with E-state index in [1.807, 2.05) is 21.0 Å². The number of halogens is 1. The van der Waals surface area contributed by atoms with Crippen LogP contribution in [0.2, 0.25) is 5.02 Å². The van der Waals surface area contributed by atoms with Crippen LogP contribution in [0.25, 0.3) is 0 Å². The average molecular weight is 313 g/mol. The van der Waals surface area contributed by atoms with Gasteiger partial charge in [-0.25, -0.2) is 0 Å². The first-order valence-corrected chi connectivity index (χ1v) is 7.45. The zero-order chi connectivity index (χ0) is 16.0. The number of nitrogen functional groups attached to an aromatic ring is 1. The summed E-state index contributed by atoms with van der Waals surface area (Å²) in [5.41, 5.74) is 6.90. The Morgan fingerprint density at radius 1 is 1.43 bits per heavy atom. The van der Waals surface area contributed by atoms with Gasteiger partial charge in [-0.05, 0) is 45.8 Å². The Morgan fingerprint density at radius 3 is 2.67 bits per heavy atom. The second kappa shape index (κ2) is 8.22. The van der Waals surface area contributed by atoms with Gasteiger partial charge >= 0.3 is 0 Å². The topological polar surface area (TPSA) is 61.6 Å². The third-order valence-corrected chi connectivity index (χ3v) is 3.53. The van der Waals surface area contributed by atoms with Crippen molar-refractivity contribution in [1.29, 1.82) is 0 Å². The molecular formula is C15H25ClN4O. The highest BCUT2D eigenvalue weighted by Gasteiger charge is 2.17. The smallest absolute Gasteiger partial charge is 0.238 e. The Morgan fingerprint density at radius 2 is 2.10 bits per heavy atom. The maximum atomic E-state index is 12.2. The van der Waals surface area contributed by atoms with E-state index in [0.29, 0.717) is 29.0 Å². The van der Waals surface area contributed by atoms with Crippen LogP contribution in [-0.4, -0.2) is 55.5 Å². The summed E-state index contributed by atoms with van der Waals surface area (Å²) in [5.74, 6) is -0.0866. The Kier molecular flexibility index (Phi) is 6.95. The minimum absolute atomic E-state index is 0.0866. The number of hydrogen-bond acceptors (Lipinski definition) is 4. The van der Waals surface area contributed by atoms with Gasteiger partial charge in [-0.15, -0.1) is 0 Å². The SMILES string of the molecule is CCN(CC(=O)Nc1cc(Cl)ccc1N)C(C)CN(C)C.